The summed E-state index contributed by atoms with van der Waals surface area (Å²) in [5.41, 5.74) is 3.28. The van der Waals surface area contributed by atoms with Crippen LogP contribution in [0.3, 0.4) is 0 Å². The first-order valence-electron chi connectivity index (χ1n) is 8.58. The van der Waals surface area contributed by atoms with Crippen LogP contribution in [0.25, 0.3) is 0 Å². The van der Waals surface area contributed by atoms with Gasteiger partial charge in [0.05, 0.1) is 16.7 Å². The van der Waals surface area contributed by atoms with Gasteiger partial charge in [0.25, 0.3) is 11.6 Å². The molecule has 0 saturated heterocycles. The number of amides is 1. The Morgan fingerprint density at radius 1 is 1.00 bits per heavy atom. The van der Waals surface area contributed by atoms with Gasteiger partial charge in [-0.1, -0.05) is 34.1 Å². The topological polar surface area (TPSA) is 111 Å². The average molecular weight is 468 g/mol. The number of hydrogen-bond donors (Lipinski definition) is 1. The molecule has 0 aliphatic rings. The lowest BCUT2D eigenvalue weighted by molar-refractivity contribution is -0.384. The van der Waals surface area contributed by atoms with Gasteiger partial charge in [-0.25, -0.2) is 10.2 Å². The lowest BCUT2D eigenvalue weighted by Gasteiger charge is -2.08. The molecule has 0 heterocycles. The van der Waals surface area contributed by atoms with Crippen molar-refractivity contribution >= 4 is 39.7 Å². The molecule has 3 rings (SSSR count). The van der Waals surface area contributed by atoms with Gasteiger partial charge in [0.15, 0.2) is 0 Å². The number of halogens is 1. The van der Waals surface area contributed by atoms with Gasteiger partial charge in [-0.3, -0.25) is 14.9 Å². The first-order chi connectivity index (χ1) is 14.4. The zero-order valence-corrected chi connectivity index (χ0v) is 16.9. The summed E-state index contributed by atoms with van der Waals surface area (Å²) in [6.07, 6.45) is 1.33. The maximum atomic E-state index is 12.3. The van der Waals surface area contributed by atoms with E-state index in [4.69, 9.17) is 4.74 Å². The largest absolute Gasteiger partial charge is 0.422 e. The Bertz CT molecular complexity index is 1120. The van der Waals surface area contributed by atoms with Crippen molar-refractivity contribution in [2.75, 3.05) is 0 Å². The van der Waals surface area contributed by atoms with Crippen LogP contribution in [-0.4, -0.2) is 23.0 Å². The summed E-state index contributed by atoms with van der Waals surface area (Å²) in [6.45, 7) is 0. The molecule has 3 aromatic rings. The Balaban J connectivity index is 1.71. The number of hydrogen-bond acceptors (Lipinski definition) is 6. The van der Waals surface area contributed by atoms with Gasteiger partial charge < -0.3 is 4.74 Å². The summed E-state index contributed by atoms with van der Waals surface area (Å²) in [4.78, 5) is 34.6. The maximum Gasteiger partial charge on any atom is 0.343 e. The highest BCUT2D eigenvalue weighted by Crippen LogP contribution is 2.23. The molecule has 1 amide bonds. The summed E-state index contributed by atoms with van der Waals surface area (Å²) in [7, 11) is 0. The fourth-order valence-corrected chi connectivity index (χ4v) is 2.78. The maximum absolute atomic E-state index is 12.3. The van der Waals surface area contributed by atoms with Crippen LogP contribution in [-0.2, 0) is 0 Å². The van der Waals surface area contributed by atoms with Gasteiger partial charge in [-0.05, 0) is 42.5 Å². The quantitative estimate of drug-likeness (QED) is 0.190. The van der Waals surface area contributed by atoms with E-state index in [0.717, 1.165) is 4.47 Å². The molecule has 1 N–H and O–H groups in total. The van der Waals surface area contributed by atoms with E-state index in [1.165, 1.54) is 30.5 Å². The molecule has 3 aromatic carbocycles. The highest BCUT2D eigenvalue weighted by Gasteiger charge is 2.12. The number of rotatable bonds is 6. The molecular weight excluding hydrogens is 454 g/mol. The standard InChI is InChI=1S/C21H14BrN3O5/c22-17-8-11-19(30-21(27)15-4-2-1-3-5-15)16(12-17)13-23-24-20(26)14-6-9-18(10-7-14)25(28)29/h1-13H,(H,24,26). The zero-order valence-electron chi connectivity index (χ0n) is 15.3. The number of nitrogens with one attached hydrogen (secondary N) is 1. The van der Waals surface area contributed by atoms with E-state index < -0.39 is 16.8 Å². The summed E-state index contributed by atoms with van der Waals surface area (Å²) in [6, 6.07) is 18.6. The predicted octanol–water partition coefficient (Wildman–Crippen LogP) is 4.34. The van der Waals surface area contributed by atoms with Crippen molar-refractivity contribution in [3.8, 4) is 5.75 Å². The Labute approximate surface area is 179 Å². The second-order valence-electron chi connectivity index (χ2n) is 5.94. The molecule has 0 fully saturated rings. The first-order valence-corrected chi connectivity index (χ1v) is 9.38. The van der Waals surface area contributed by atoms with Crippen LogP contribution in [0.1, 0.15) is 26.3 Å². The van der Waals surface area contributed by atoms with Gasteiger partial charge >= 0.3 is 5.97 Å². The third-order valence-corrected chi connectivity index (χ3v) is 4.39. The van der Waals surface area contributed by atoms with E-state index in [2.05, 4.69) is 26.5 Å². The molecule has 0 aliphatic heterocycles. The van der Waals surface area contributed by atoms with E-state index in [1.54, 1.807) is 48.5 Å². The fraction of sp³-hybridized carbons (Fsp3) is 0. The van der Waals surface area contributed by atoms with Crippen LogP contribution in [0.15, 0.2) is 82.4 Å². The van der Waals surface area contributed by atoms with Crippen molar-refractivity contribution in [2.45, 2.75) is 0 Å². The number of nitro groups is 1. The molecule has 0 bridgehead atoms. The van der Waals surface area contributed by atoms with Crippen molar-refractivity contribution in [2.24, 2.45) is 5.10 Å². The first kappa shape index (κ1) is 20.9. The van der Waals surface area contributed by atoms with Crippen molar-refractivity contribution in [1.29, 1.82) is 0 Å². The van der Waals surface area contributed by atoms with Gasteiger partial charge in [0, 0.05) is 27.7 Å². The highest BCUT2D eigenvalue weighted by atomic mass is 79.9. The van der Waals surface area contributed by atoms with E-state index in [1.807, 2.05) is 0 Å². The lowest BCUT2D eigenvalue weighted by atomic mass is 10.2. The molecule has 0 spiro atoms. The summed E-state index contributed by atoms with van der Waals surface area (Å²) < 4.78 is 6.16. The smallest absolute Gasteiger partial charge is 0.343 e. The molecular formula is C21H14BrN3O5. The summed E-state index contributed by atoms with van der Waals surface area (Å²) >= 11 is 3.34. The number of non-ortho nitro benzene ring substituents is 1. The molecule has 0 unspecified atom stereocenters. The number of ether oxygens (including phenoxy) is 1. The second-order valence-corrected chi connectivity index (χ2v) is 6.86. The fourth-order valence-electron chi connectivity index (χ4n) is 2.41. The van der Waals surface area contributed by atoms with Crippen molar-refractivity contribution in [1.82, 2.24) is 5.43 Å². The molecule has 30 heavy (non-hydrogen) atoms. The van der Waals surface area contributed by atoms with Gasteiger partial charge in [0.2, 0.25) is 0 Å². The van der Waals surface area contributed by atoms with Crippen LogP contribution >= 0.6 is 15.9 Å². The van der Waals surface area contributed by atoms with Crippen molar-refractivity contribution < 1.29 is 19.2 Å². The molecule has 0 radical (unpaired) electrons. The van der Waals surface area contributed by atoms with E-state index in [9.17, 15) is 19.7 Å². The van der Waals surface area contributed by atoms with Crippen molar-refractivity contribution in [3.05, 3.63) is 104 Å². The SMILES string of the molecule is O=C(NN=Cc1cc(Br)ccc1OC(=O)c1ccccc1)c1ccc([N+](=O)[O-])cc1. The molecule has 0 atom stereocenters. The minimum absolute atomic E-state index is 0.117. The molecule has 0 aliphatic carbocycles. The molecule has 150 valence electrons. The number of benzene rings is 3. The minimum atomic E-state index is -0.550. The van der Waals surface area contributed by atoms with E-state index >= 15 is 0 Å². The van der Waals surface area contributed by atoms with Crippen LogP contribution in [0.5, 0.6) is 5.75 Å². The molecule has 9 heteroatoms. The number of esters is 1. The third-order valence-electron chi connectivity index (χ3n) is 3.89. The number of nitrogens with zero attached hydrogens (tertiary/aromatic N) is 2. The minimum Gasteiger partial charge on any atom is -0.422 e. The second kappa shape index (κ2) is 9.57. The van der Waals surface area contributed by atoms with Gasteiger partial charge in [-0.2, -0.15) is 5.10 Å². The zero-order chi connectivity index (χ0) is 21.5. The number of carbonyl (C=O) groups excluding carboxylic acids is 2. The van der Waals surface area contributed by atoms with E-state index in [-0.39, 0.29) is 17.0 Å². The Hall–Kier alpha value is -3.85. The lowest BCUT2D eigenvalue weighted by Crippen LogP contribution is -2.17. The Morgan fingerprint density at radius 3 is 2.37 bits per heavy atom. The van der Waals surface area contributed by atoms with Gasteiger partial charge in [-0.15, -0.1) is 0 Å². The third kappa shape index (κ3) is 5.36. The number of carbonyl (C=O) groups is 2. The predicted molar refractivity (Wildman–Crippen MR) is 114 cm³/mol. The Kier molecular flexibility index (Phi) is 6.66. The monoisotopic (exact) mass is 467 g/mol. The number of hydrazone groups is 1. The normalized spacial score (nSPS) is 10.6. The van der Waals surface area contributed by atoms with Crippen LogP contribution in [0, 0.1) is 10.1 Å². The number of nitro benzene ring substituents is 1. The highest BCUT2D eigenvalue weighted by molar-refractivity contribution is 9.10. The average Bonchev–Trinajstić information content (AvgIpc) is 2.76. The molecule has 0 saturated carbocycles. The Morgan fingerprint density at radius 2 is 1.70 bits per heavy atom. The van der Waals surface area contributed by atoms with Crippen molar-refractivity contribution in [3.63, 3.8) is 0 Å². The van der Waals surface area contributed by atoms with Crippen LogP contribution in [0.2, 0.25) is 0 Å². The summed E-state index contributed by atoms with van der Waals surface area (Å²) in [5, 5.41) is 14.6. The van der Waals surface area contributed by atoms with Crippen LogP contribution < -0.4 is 10.2 Å². The van der Waals surface area contributed by atoms with Crippen LogP contribution in [0.4, 0.5) is 5.69 Å². The molecule has 0 aromatic heterocycles. The summed E-state index contributed by atoms with van der Waals surface area (Å²) in [5.74, 6) is -0.804. The molecule has 8 nitrogen and oxygen atoms in total. The van der Waals surface area contributed by atoms with Gasteiger partial charge in [0.1, 0.15) is 5.75 Å². The van der Waals surface area contributed by atoms with E-state index in [0.29, 0.717) is 11.1 Å².